The van der Waals surface area contributed by atoms with E-state index in [2.05, 4.69) is 151 Å². The van der Waals surface area contributed by atoms with Gasteiger partial charge in [0.2, 0.25) is 0 Å². The zero-order valence-corrected chi connectivity index (χ0v) is 26.5. The molecule has 0 spiro atoms. The van der Waals surface area contributed by atoms with E-state index in [4.69, 9.17) is 0 Å². The minimum Gasteiger partial charge on any atom is -0.334 e. The van der Waals surface area contributed by atoms with Gasteiger partial charge in [0.25, 0.3) is 0 Å². The van der Waals surface area contributed by atoms with Crippen LogP contribution in [0.15, 0.2) is 145 Å². The summed E-state index contributed by atoms with van der Waals surface area (Å²) >= 11 is 0. The molecule has 0 N–H and O–H groups in total. The summed E-state index contributed by atoms with van der Waals surface area (Å²) in [7, 11) is 0. The molecule has 0 aromatic heterocycles. The van der Waals surface area contributed by atoms with Gasteiger partial charge in [0.1, 0.15) is 0 Å². The van der Waals surface area contributed by atoms with Gasteiger partial charge in [-0.05, 0) is 126 Å². The number of benzene rings is 3. The maximum absolute atomic E-state index is 3.54. The summed E-state index contributed by atoms with van der Waals surface area (Å²) in [5.74, 6) is 7.33. The van der Waals surface area contributed by atoms with E-state index in [-0.39, 0.29) is 0 Å². The Bertz CT molecular complexity index is 2010. The van der Waals surface area contributed by atoms with Gasteiger partial charge < -0.3 is 4.90 Å². The first-order valence-corrected chi connectivity index (χ1v) is 16.9. The second-order valence-corrected chi connectivity index (χ2v) is 12.9. The fourth-order valence-electron chi connectivity index (χ4n) is 7.56. The van der Waals surface area contributed by atoms with Crippen LogP contribution in [0.2, 0.25) is 0 Å². The van der Waals surface area contributed by atoms with Gasteiger partial charge in [-0.1, -0.05) is 109 Å². The number of rotatable bonds is 4. The number of hydrogen-bond donors (Lipinski definition) is 0. The van der Waals surface area contributed by atoms with Gasteiger partial charge >= 0.3 is 0 Å². The molecule has 5 aliphatic rings. The summed E-state index contributed by atoms with van der Waals surface area (Å²) in [6, 6.07) is 24.8. The highest BCUT2D eigenvalue weighted by Crippen LogP contribution is 2.48. The lowest BCUT2D eigenvalue weighted by molar-refractivity contribution is 0.725. The molecule has 2 atom stereocenters. The van der Waals surface area contributed by atoms with Crippen molar-refractivity contribution in [2.45, 2.75) is 57.4 Å². The van der Waals surface area contributed by atoms with Crippen molar-refractivity contribution in [1.29, 1.82) is 0 Å². The van der Waals surface area contributed by atoms with Crippen LogP contribution in [0.3, 0.4) is 0 Å². The summed E-state index contributed by atoms with van der Waals surface area (Å²) in [6.45, 7) is 2.22. The molecule has 0 radical (unpaired) electrons. The number of allylic oxidation sites excluding steroid dienone is 13. The normalized spacial score (nSPS) is 21.2. The molecule has 2 unspecified atom stereocenters. The molecule has 1 heterocycles. The molecule has 46 heavy (non-hydrogen) atoms. The quantitative estimate of drug-likeness (QED) is 0.272. The number of hydrogen-bond acceptors (Lipinski definition) is 1. The smallest absolute Gasteiger partial charge is 0.0629 e. The fraction of sp³-hybridized carbons (Fsp3) is 0.200. The van der Waals surface area contributed by atoms with Crippen LogP contribution in [0.25, 0.3) is 16.7 Å². The number of aryl methyl sites for hydroxylation is 1. The van der Waals surface area contributed by atoms with Gasteiger partial charge in [0.15, 0.2) is 0 Å². The molecule has 0 bridgehead atoms. The first-order valence-electron chi connectivity index (χ1n) is 16.9. The predicted octanol–water partition coefficient (Wildman–Crippen LogP) is 11.0. The molecule has 1 aliphatic heterocycles. The second kappa shape index (κ2) is 12.4. The largest absolute Gasteiger partial charge is 0.334 e. The molecule has 224 valence electrons. The monoisotopic (exact) mass is 593 g/mol. The third kappa shape index (κ3) is 5.39. The van der Waals surface area contributed by atoms with Crippen LogP contribution in [-0.4, -0.2) is 6.04 Å². The van der Waals surface area contributed by atoms with Crippen LogP contribution in [0.4, 0.5) is 5.69 Å². The average molecular weight is 594 g/mol. The predicted molar refractivity (Wildman–Crippen MR) is 195 cm³/mol. The van der Waals surface area contributed by atoms with E-state index in [1.807, 2.05) is 6.07 Å². The number of nitrogens with zero attached hydrogens (tertiary/aromatic N) is 1. The number of fused-ring (bicyclic) bond motifs is 3. The van der Waals surface area contributed by atoms with Gasteiger partial charge in [0.05, 0.1) is 6.04 Å². The van der Waals surface area contributed by atoms with Gasteiger partial charge in [-0.15, -0.1) is 0 Å². The molecular weight excluding hydrogens is 555 g/mol. The topological polar surface area (TPSA) is 3.24 Å². The summed E-state index contributed by atoms with van der Waals surface area (Å²) in [5, 5.41) is 0. The van der Waals surface area contributed by atoms with Crippen molar-refractivity contribution < 1.29 is 0 Å². The van der Waals surface area contributed by atoms with Crippen LogP contribution in [-0.2, 0) is 0 Å². The van der Waals surface area contributed by atoms with Crippen molar-refractivity contribution in [2.75, 3.05) is 4.90 Å². The summed E-state index contributed by atoms with van der Waals surface area (Å²) in [6.07, 6.45) is 32.1. The first-order chi connectivity index (χ1) is 22.7. The van der Waals surface area contributed by atoms with Gasteiger partial charge in [0, 0.05) is 28.4 Å². The lowest BCUT2D eigenvalue weighted by Gasteiger charge is -2.30. The highest BCUT2D eigenvalue weighted by Gasteiger charge is 2.38. The molecule has 1 nitrogen and oxygen atoms in total. The molecule has 3 aromatic rings. The van der Waals surface area contributed by atoms with Crippen LogP contribution in [0.5, 0.6) is 0 Å². The molecule has 0 saturated heterocycles. The molecular formula is C45H39N. The summed E-state index contributed by atoms with van der Waals surface area (Å²) in [5.41, 5.74) is 15.7. The van der Waals surface area contributed by atoms with Crippen molar-refractivity contribution in [3.05, 3.63) is 178 Å². The van der Waals surface area contributed by atoms with Crippen molar-refractivity contribution >= 4 is 22.4 Å². The highest BCUT2D eigenvalue weighted by atomic mass is 15.2. The molecule has 0 amide bonds. The lowest BCUT2D eigenvalue weighted by Crippen LogP contribution is -2.31. The zero-order chi connectivity index (χ0) is 30.9. The van der Waals surface area contributed by atoms with Crippen LogP contribution in [0, 0.1) is 18.8 Å². The van der Waals surface area contributed by atoms with E-state index in [9.17, 15) is 0 Å². The Hall–Kier alpha value is -5.06. The highest BCUT2D eigenvalue weighted by molar-refractivity contribution is 5.89. The molecule has 0 saturated carbocycles. The molecule has 3 aromatic carbocycles. The van der Waals surface area contributed by atoms with E-state index in [0.717, 1.165) is 44.1 Å². The van der Waals surface area contributed by atoms with Crippen molar-refractivity contribution in [3.63, 3.8) is 0 Å². The summed E-state index contributed by atoms with van der Waals surface area (Å²) in [4.78, 5) is 2.56. The standard InChI is InChI=1S/C45H39N/c1-32-23-25-37(30-42(32)40-20-9-8-15-34(40)26-24-33-13-4-2-5-14-33)35-16-12-17-36(29-35)38-27-28-45-43(31-38)41-21-10-11-22-44(41)46(45)39-18-6-3-7-19-39/h2,4-6,9-11,13-14,16,18-23,25,27-31,41,44H,3,7-8,12,15,17H2,1H3. The van der Waals surface area contributed by atoms with E-state index < -0.39 is 0 Å². The third-order valence-electron chi connectivity index (χ3n) is 9.95. The van der Waals surface area contributed by atoms with Gasteiger partial charge in [-0.2, -0.15) is 0 Å². The SMILES string of the molecule is Cc1ccc(C2=CCCC(c3ccc4c(c3)C3C=CC=CC3N4C3=CCCC=C3)=C2)cc1C1=C(C#Cc2ccccc2)CCC=C1. The van der Waals surface area contributed by atoms with E-state index in [0.29, 0.717) is 12.0 Å². The Morgan fingerprint density at radius 2 is 1.61 bits per heavy atom. The molecule has 1 heteroatoms. The molecule has 0 fully saturated rings. The summed E-state index contributed by atoms with van der Waals surface area (Å²) < 4.78 is 0. The van der Waals surface area contributed by atoms with Crippen LogP contribution < -0.4 is 4.90 Å². The second-order valence-electron chi connectivity index (χ2n) is 12.9. The average Bonchev–Trinajstić information content (AvgIpc) is 3.46. The Morgan fingerprint density at radius 1 is 0.739 bits per heavy atom. The van der Waals surface area contributed by atoms with E-state index in [1.165, 1.54) is 61.5 Å². The Kier molecular flexibility index (Phi) is 7.65. The number of anilines is 1. The lowest BCUT2D eigenvalue weighted by atomic mass is 9.85. The van der Waals surface area contributed by atoms with E-state index >= 15 is 0 Å². The maximum Gasteiger partial charge on any atom is 0.0629 e. The first kappa shape index (κ1) is 28.4. The third-order valence-corrected chi connectivity index (χ3v) is 9.95. The van der Waals surface area contributed by atoms with Gasteiger partial charge in [-0.25, -0.2) is 0 Å². The van der Waals surface area contributed by atoms with Crippen molar-refractivity contribution in [2.24, 2.45) is 0 Å². The zero-order valence-electron chi connectivity index (χ0n) is 26.5. The van der Waals surface area contributed by atoms with Crippen LogP contribution >= 0.6 is 0 Å². The Labute approximate surface area is 274 Å². The fourth-order valence-corrected chi connectivity index (χ4v) is 7.56. The minimum absolute atomic E-state index is 0.344. The van der Waals surface area contributed by atoms with Gasteiger partial charge in [-0.3, -0.25) is 0 Å². The minimum atomic E-state index is 0.344. The Morgan fingerprint density at radius 3 is 2.50 bits per heavy atom. The molecule has 8 rings (SSSR count). The van der Waals surface area contributed by atoms with Crippen LogP contribution in [0.1, 0.15) is 77.8 Å². The maximum atomic E-state index is 3.54. The van der Waals surface area contributed by atoms with Crippen molar-refractivity contribution in [3.8, 4) is 11.8 Å². The van der Waals surface area contributed by atoms with E-state index in [1.54, 1.807) is 0 Å². The van der Waals surface area contributed by atoms with Crippen molar-refractivity contribution in [1.82, 2.24) is 0 Å². The Balaban J connectivity index is 1.12. The molecule has 4 aliphatic carbocycles.